The summed E-state index contributed by atoms with van der Waals surface area (Å²) in [6, 6.07) is 7.08. The molecule has 0 spiro atoms. The van der Waals surface area contributed by atoms with E-state index in [1.165, 1.54) is 7.11 Å². The number of carbonyl (C=O) groups is 1. The number of esters is 1. The van der Waals surface area contributed by atoms with Crippen LogP contribution in [0.25, 0.3) is 0 Å². The fourth-order valence-electron chi connectivity index (χ4n) is 1.97. The van der Waals surface area contributed by atoms with Crippen LogP contribution in [0.15, 0.2) is 24.3 Å². The average molecular weight is 252 g/mol. The Morgan fingerprint density at radius 1 is 1.11 bits per heavy atom. The molecule has 1 rings (SSSR count). The normalized spacial score (nSPS) is 11.3. The van der Waals surface area contributed by atoms with Crippen molar-refractivity contribution in [2.45, 2.75) is 25.6 Å². The highest BCUT2D eigenvalue weighted by Gasteiger charge is 2.30. The Balaban J connectivity index is 3.04. The maximum absolute atomic E-state index is 11.4. The summed E-state index contributed by atoms with van der Waals surface area (Å²) >= 11 is 0. The van der Waals surface area contributed by atoms with Crippen LogP contribution in [0, 0.1) is 0 Å². The van der Waals surface area contributed by atoms with Crippen LogP contribution in [0.5, 0.6) is 0 Å². The maximum atomic E-state index is 11.4. The van der Waals surface area contributed by atoms with E-state index < -0.39 is 5.79 Å². The van der Waals surface area contributed by atoms with Crippen molar-refractivity contribution < 1.29 is 19.0 Å². The molecule has 0 aliphatic rings. The molecule has 18 heavy (non-hydrogen) atoms. The third kappa shape index (κ3) is 2.89. The van der Waals surface area contributed by atoms with E-state index in [2.05, 4.69) is 11.7 Å². The quantitative estimate of drug-likeness (QED) is 0.577. The van der Waals surface area contributed by atoms with Gasteiger partial charge in [-0.05, 0) is 12.1 Å². The van der Waals surface area contributed by atoms with Gasteiger partial charge in [0.05, 0.1) is 12.7 Å². The van der Waals surface area contributed by atoms with E-state index >= 15 is 0 Å². The number of carbonyl (C=O) groups excluding carboxylic acids is 1. The number of hydrogen-bond acceptors (Lipinski definition) is 4. The standard InChI is InChI=1S/C14H20O4/c1-5-10-14(17-3,18-4)12-8-6-11(7-9-12)13(15)16-2/h6-9H,5,10H2,1-4H3. The van der Waals surface area contributed by atoms with Crippen molar-refractivity contribution in [2.24, 2.45) is 0 Å². The molecule has 0 atom stereocenters. The van der Waals surface area contributed by atoms with Gasteiger partial charge in [-0.3, -0.25) is 0 Å². The second kappa shape index (κ2) is 6.52. The zero-order chi connectivity index (χ0) is 13.6. The van der Waals surface area contributed by atoms with Crippen LogP contribution in [0.1, 0.15) is 35.7 Å². The van der Waals surface area contributed by atoms with Crippen molar-refractivity contribution in [3.63, 3.8) is 0 Å². The molecule has 0 aromatic heterocycles. The Morgan fingerprint density at radius 3 is 2.06 bits per heavy atom. The second-order valence-corrected chi connectivity index (χ2v) is 3.98. The molecule has 0 bridgehead atoms. The Kier molecular flexibility index (Phi) is 5.31. The number of hydrogen-bond donors (Lipinski definition) is 0. The Labute approximate surface area is 108 Å². The first-order valence-electron chi connectivity index (χ1n) is 5.92. The molecule has 1 aromatic carbocycles. The van der Waals surface area contributed by atoms with Gasteiger partial charge in [-0.15, -0.1) is 0 Å². The largest absolute Gasteiger partial charge is 0.465 e. The second-order valence-electron chi connectivity index (χ2n) is 3.98. The van der Waals surface area contributed by atoms with Crippen LogP contribution in [-0.2, 0) is 20.0 Å². The smallest absolute Gasteiger partial charge is 0.337 e. The average Bonchev–Trinajstić information content (AvgIpc) is 2.44. The lowest BCUT2D eigenvalue weighted by Gasteiger charge is -2.31. The van der Waals surface area contributed by atoms with Crippen LogP contribution in [0.2, 0.25) is 0 Å². The van der Waals surface area contributed by atoms with Gasteiger partial charge in [0.1, 0.15) is 0 Å². The highest BCUT2D eigenvalue weighted by atomic mass is 16.7. The summed E-state index contributed by atoms with van der Waals surface area (Å²) < 4.78 is 15.7. The van der Waals surface area contributed by atoms with E-state index in [4.69, 9.17) is 9.47 Å². The molecule has 0 fully saturated rings. The fraction of sp³-hybridized carbons (Fsp3) is 0.500. The summed E-state index contributed by atoms with van der Waals surface area (Å²) in [5.41, 5.74) is 1.40. The molecule has 4 heteroatoms. The van der Waals surface area contributed by atoms with E-state index in [0.717, 1.165) is 18.4 Å². The summed E-state index contributed by atoms with van der Waals surface area (Å²) in [5, 5.41) is 0. The third-order valence-electron chi connectivity index (χ3n) is 2.98. The molecule has 100 valence electrons. The van der Waals surface area contributed by atoms with Gasteiger partial charge in [0.2, 0.25) is 0 Å². The summed E-state index contributed by atoms with van der Waals surface area (Å²) in [5.74, 6) is -1.10. The minimum absolute atomic E-state index is 0.350. The lowest BCUT2D eigenvalue weighted by Crippen LogP contribution is -2.30. The Hall–Kier alpha value is -1.39. The molecule has 0 heterocycles. The van der Waals surface area contributed by atoms with Gasteiger partial charge in [0.15, 0.2) is 5.79 Å². The highest BCUT2D eigenvalue weighted by Crippen LogP contribution is 2.31. The maximum Gasteiger partial charge on any atom is 0.337 e. The molecule has 0 unspecified atom stereocenters. The summed E-state index contributed by atoms with van der Waals surface area (Å²) in [6.45, 7) is 2.07. The topological polar surface area (TPSA) is 44.8 Å². The lowest BCUT2D eigenvalue weighted by atomic mass is 9.99. The van der Waals surface area contributed by atoms with Gasteiger partial charge in [0, 0.05) is 26.2 Å². The molecular weight excluding hydrogens is 232 g/mol. The zero-order valence-electron chi connectivity index (χ0n) is 11.4. The first kappa shape index (κ1) is 14.7. The molecular formula is C14H20O4. The van der Waals surface area contributed by atoms with E-state index in [1.807, 2.05) is 12.1 Å². The van der Waals surface area contributed by atoms with Crippen molar-refractivity contribution in [3.8, 4) is 0 Å². The first-order valence-corrected chi connectivity index (χ1v) is 5.92. The van der Waals surface area contributed by atoms with Crippen LogP contribution in [-0.4, -0.2) is 27.3 Å². The number of ether oxygens (including phenoxy) is 3. The van der Waals surface area contributed by atoms with Gasteiger partial charge in [-0.2, -0.15) is 0 Å². The van der Waals surface area contributed by atoms with Gasteiger partial charge in [0.25, 0.3) is 0 Å². The summed E-state index contributed by atoms with van der Waals surface area (Å²) in [6.07, 6.45) is 1.68. The van der Waals surface area contributed by atoms with Gasteiger partial charge in [-0.25, -0.2) is 4.79 Å². The van der Waals surface area contributed by atoms with Crippen LogP contribution in [0.3, 0.4) is 0 Å². The molecule has 0 N–H and O–H groups in total. The van der Waals surface area contributed by atoms with Crippen molar-refractivity contribution in [2.75, 3.05) is 21.3 Å². The Morgan fingerprint density at radius 2 is 1.67 bits per heavy atom. The van der Waals surface area contributed by atoms with Crippen LogP contribution < -0.4 is 0 Å². The van der Waals surface area contributed by atoms with Crippen molar-refractivity contribution in [1.82, 2.24) is 0 Å². The molecule has 0 saturated heterocycles. The fourth-order valence-corrected chi connectivity index (χ4v) is 1.97. The SMILES string of the molecule is CCCC(OC)(OC)c1ccc(C(=O)OC)cc1. The van der Waals surface area contributed by atoms with E-state index in [9.17, 15) is 4.79 Å². The predicted octanol–water partition coefficient (Wildman–Crippen LogP) is 2.72. The van der Waals surface area contributed by atoms with Crippen molar-refractivity contribution in [1.29, 1.82) is 0 Å². The first-order chi connectivity index (χ1) is 8.63. The number of methoxy groups -OCH3 is 3. The molecule has 0 aliphatic carbocycles. The van der Waals surface area contributed by atoms with E-state index in [1.54, 1.807) is 26.4 Å². The summed E-state index contributed by atoms with van der Waals surface area (Å²) in [4.78, 5) is 11.4. The highest BCUT2D eigenvalue weighted by molar-refractivity contribution is 5.89. The molecule has 0 radical (unpaired) electrons. The minimum Gasteiger partial charge on any atom is -0.465 e. The van der Waals surface area contributed by atoms with Gasteiger partial charge >= 0.3 is 5.97 Å². The zero-order valence-corrected chi connectivity index (χ0v) is 11.4. The van der Waals surface area contributed by atoms with Gasteiger partial charge < -0.3 is 14.2 Å². The van der Waals surface area contributed by atoms with Crippen LogP contribution in [0.4, 0.5) is 0 Å². The molecule has 4 nitrogen and oxygen atoms in total. The number of benzene rings is 1. The van der Waals surface area contributed by atoms with Crippen molar-refractivity contribution >= 4 is 5.97 Å². The summed E-state index contributed by atoms with van der Waals surface area (Å²) in [7, 11) is 4.60. The van der Waals surface area contributed by atoms with Gasteiger partial charge in [-0.1, -0.05) is 25.5 Å². The van der Waals surface area contributed by atoms with Crippen molar-refractivity contribution in [3.05, 3.63) is 35.4 Å². The monoisotopic (exact) mass is 252 g/mol. The van der Waals surface area contributed by atoms with E-state index in [-0.39, 0.29) is 5.97 Å². The third-order valence-corrected chi connectivity index (χ3v) is 2.98. The van der Waals surface area contributed by atoms with E-state index in [0.29, 0.717) is 5.56 Å². The van der Waals surface area contributed by atoms with Crippen LogP contribution >= 0.6 is 0 Å². The minimum atomic E-state index is -0.747. The molecule has 0 saturated carbocycles. The molecule has 0 amide bonds. The lowest BCUT2D eigenvalue weighted by molar-refractivity contribution is -0.220. The Bertz CT molecular complexity index is 379. The predicted molar refractivity (Wildman–Crippen MR) is 68.4 cm³/mol. The molecule has 0 aliphatic heterocycles. The number of rotatable bonds is 6. The molecule has 1 aromatic rings.